The third kappa shape index (κ3) is 4.52. The van der Waals surface area contributed by atoms with E-state index in [9.17, 15) is 13.6 Å². The molecule has 0 radical (unpaired) electrons. The number of anilines is 1. The summed E-state index contributed by atoms with van der Waals surface area (Å²) in [6, 6.07) is 8.92. The summed E-state index contributed by atoms with van der Waals surface area (Å²) in [6.45, 7) is 5.71. The molecule has 3 nitrogen and oxygen atoms in total. The van der Waals surface area contributed by atoms with Gasteiger partial charge in [-0.3, -0.25) is 4.79 Å². The lowest BCUT2D eigenvalue weighted by Gasteiger charge is -2.18. The molecule has 5 heteroatoms. The number of nitrogens with one attached hydrogen (secondary N) is 1. The number of aryl methyl sites for hydroxylation is 2. The number of hydrogen-bond acceptors (Lipinski definition) is 2. The Morgan fingerprint density at radius 2 is 1.74 bits per heavy atom. The van der Waals surface area contributed by atoms with Crippen molar-refractivity contribution in [2.75, 3.05) is 5.32 Å². The maximum absolute atomic E-state index is 13.2. The van der Waals surface area contributed by atoms with Crippen molar-refractivity contribution in [1.29, 1.82) is 0 Å². The van der Waals surface area contributed by atoms with Crippen molar-refractivity contribution in [2.45, 2.75) is 33.3 Å². The van der Waals surface area contributed by atoms with E-state index in [-0.39, 0.29) is 5.69 Å². The molecule has 2 rings (SSSR count). The van der Waals surface area contributed by atoms with E-state index in [1.54, 1.807) is 0 Å². The average molecular weight is 319 g/mol. The number of carbonyl (C=O) groups is 1. The van der Waals surface area contributed by atoms with Gasteiger partial charge in [-0.05, 0) is 55.7 Å². The van der Waals surface area contributed by atoms with Crippen LogP contribution in [0.1, 0.15) is 24.5 Å². The summed E-state index contributed by atoms with van der Waals surface area (Å²) in [4.78, 5) is 12.3. The summed E-state index contributed by atoms with van der Waals surface area (Å²) in [5, 5.41) is 2.54. The van der Waals surface area contributed by atoms with Gasteiger partial charge in [-0.1, -0.05) is 13.0 Å². The first-order valence-corrected chi connectivity index (χ1v) is 7.40. The Kier molecular flexibility index (Phi) is 5.32. The fourth-order valence-electron chi connectivity index (χ4n) is 2.28. The van der Waals surface area contributed by atoms with Crippen LogP contribution in [0.5, 0.6) is 5.75 Å². The van der Waals surface area contributed by atoms with Crippen molar-refractivity contribution in [2.24, 2.45) is 0 Å². The maximum atomic E-state index is 13.2. The maximum Gasteiger partial charge on any atom is 0.265 e. The quantitative estimate of drug-likeness (QED) is 0.888. The van der Waals surface area contributed by atoms with Gasteiger partial charge in [0, 0.05) is 11.8 Å². The second-order valence-corrected chi connectivity index (χ2v) is 5.46. The van der Waals surface area contributed by atoms with Crippen LogP contribution in [0.15, 0.2) is 36.4 Å². The molecule has 0 aliphatic heterocycles. The van der Waals surface area contributed by atoms with Gasteiger partial charge in [0.15, 0.2) is 17.7 Å². The van der Waals surface area contributed by atoms with Crippen LogP contribution >= 0.6 is 0 Å². The highest BCUT2D eigenvalue weighted by Gasteiger charge is 2.19. The molecular formula is C18H19F2NO2. The molecule has 1 N–H and O–H groups in total. The largest absolute Gasteiger partial charge is 0.481 e. The lowest BCUT2D eigenvalue weighted by molar-refractivity contribution is -0.122. The van der Waals surface area contributed by atoms with Gasteiger partial charge in [-0.25, -0.2) is 8.78 Å². The molecular weight excluding hydrogens is 300 g/mol. The van der Waals surface area contributed by atoms with Gasteiger partial charge >= 0.3 is 0 Å². The van der Waals surface area contributed by atoms with E-state index in [1.165, 1.54) is 6.07 Å². The predicted molar refractivity (Wildman–Crippen MR) is 85.6 cm³/mol. The highest BCUT2D eigenvalue weighted by molar-refractivity contribution is 5.94. The van der Waals surface area contributed by atoms with Crippen LogP contribution < -0.4 is 10.1 Å². The summed E-state index contributed by atoms with van der Waals surface area (Å²) in [6.07, 6.45) is -0.271. The third-order valence-electron chi connectivity index (χ3n) is 3.32. The van der Waals surface area contributed by atoms with E-state index in [4.69, 9.17) is 4.74 Å². The molecule has 0 unspecified atom stereocenters. The van der Waals surface area contributed by atoms with Gasteiger partial charge in [0.2, 0.25) is 0 Å². The van der Waals surface area contributed by atoms with Crippen molar-refractivity contribution in [3.8, 4) is 5.75 Å². The summed E-state index contributed by atoms with van der Waals surface area (Å²) >= 11 is 0. The van der Waals surface area contributed by atoms with Crippen molar-refractivity contribution >= 4 is 11.6 Å². The third-order valence-corrected chi connectivity index (χ3v) is 3.32. The molecule has 1 amide bonds. The molecule has 0 fully saturated rings. The van der Waals surface area contributed by atoms with Gasteiger partial charge < -0.3 is 10.1 Å². The first-order chi connectivity index (χ1) is 10.9. The van der Waals surface area contributed by atoms with E-state index in [1.807, 2.05) is 39.0 Å². The van der Waals surface area contributed by atoms with Crippen LogP contribution in [0.3, 0.4) is 0 Å². The van der Waals surface area contributed by atoms with Crippen LogP contribution in [0, 0.1) is 25.5 Å². The molecule has 0 saturated heterocycles. The van der Waals surface area contributed by atoms with Gasteiger partial charge in [0.05, 0.1) is 0 Å². The van der Waals surface area contributed by atoms with Gasteiger partial charge in [-0.15, -0.1) is 0 Å². The Morgan fingerprint density at radius 3 is 2.30 bits per heavy atom. The number of ether oxygens (including phenoxy) is 1. The number of carbonyl (C=O) groups excluding carboxylic acids is 1. The first kappa shape index (κ1) is 16.9. The fourth-order valence-corrected chi connectivity index (χ4v) is 2.28. The van der Waals surface area contributed by atoms with Gasteiger partial charge in [-0.2, -0.15) is 0 Å². The molecule has 0 aliphatic rings. The standard InChI is InChI=1S/C18H19F2NO2/c1-4-17(23-14-8-11(2)7-12(3)9-14)18(22)21-13-5-6-15(19)16(20)10-13/h5-10,17H,4H2,1-3H3,(H,21,22)/t17-/m0/s1. The molecule has 0 saturated carbocycles. The Balaban J connectivity index is 2.10. The Bertz CT molecular complexity index is 696. The van der Waals surface area contributed by atoms with Crippen molar-refractivity contribution < 1.29 is 18.3 Å². The Morgan fingerprint density at radius 1 is 1.09 bits per heavy atom. The molecule has 0 bridgehead atoms. The molecule has 2 aromatic carbocycles. The van der Waals surface area contributed by atoms with Gasteiger partial charge in [0.25, 0.3) is 5.91 Å². The highest BCUT2D eigenvalue weighted by atomic mass is 19.2. The normalized spacial score (nSPS) is 11.9. The SMILES string of the molecule is CC[C@H](Oc1cc(C)cc(C)c1)C(=O)Nc1ccc(F)c(F)c1. The molecule has 0 spiro atoms. The molecule has 1 atom stereocenters. The predicted octanol–water partition coefficient (Wildman–Crippen LogP) is 4.38. The van der Waals surface area contributed by atoms with Crippen LogP contribution in [-0.4, -0.2) is 12.0 Å². The lowest BCUT2D eigenvalue weighted by atomic mass is 10.1. The van der Waals surface area contributed by atoms with Crippen molar-refractivity contribution in [3.63, 3.8) is 0 Å². The zero-order valence-electron chi connectivity index (χ0n) is 13.3. The van der Waals surface area contributed by atoms with Gasteiger partial charge in [0.1, 0.15) is 5.75 Å². The molecule has 122 valence electrons. The fraction of sp³-hybridized carbons (Fsp3) is 0.278. The highest BCUT2D eigenvalue weighted by Crippen LogP contribution is 2.20. The number of rotatable bonds is 5. The van der Waals surface area contributed by atoms with E-state index in [2.05, 4.69) is 5.32 Å². The monoisotopic (exact) mass is 319 g/mol. The van der Waals surface area contributed by atoms with E-state index in [0.717, 1.165) is 23.3 Å². The summed E-state index contributed by atoms with van der Waals surface area (Å²) < 4.78 is 31.8. The minimum Gasteiger partial charge on any atom is -0.481 e. The van der Waals surface area contributed by atoms with Crippen LogP contribution in [-0.2, 0) is 4.79 Å². The van der Waals surface area contributed by atoms with Crippen molar-refractivity contribution in [1.82, 2.24) is 0 Å². The zero-order chi connectivity index (χ0) is 17.0. The van der Waals surface area contributed by atoms with Crippen LogP contribution in [0.2, 0.25) is 0 Å². The van der Waals surface area contributed by atoms with E-state index in [0.29, 0.717) is 12.2 Å². The first-order valence-electron chi connectivity index (χ1n) is 7.40. The molecule has 2 aromatic rings. The smallest absolute Gasteiger partial charge is 0.265 e. The number of amides is 1. The molecule has 0 aliphatic carbocycles. The molecule has 0 heterocycles. The Hall–Kier alpha value is -2.43. The van der Waals surface area contributed by atoms with E-state index >= 15 is 0 Å². The summed E-state index contributed by atoms with van der Waals surface area (Å²) in [7, 11) is 0. The minimum absolute atomic E-state index is 0.191. The molecule has 0 aromatic heterocycles. The second kappa shape index (κ2) is 7.22. The minimum atomic E-state index is -1.01. The summed E-state index contributed by atoms with van der Waals surface area (Å²) in [5.41, 5.74) is 2.27. The Labute approximate surface area is 134 Å². The van der Waals surface area contributed by atoms with Crippen LogP contribution in [0.25, 0.3) is 0 Å². The average Bonchev–Trinajstić information content (AvgIpc) is 2.47. The number of benzene rings is 2. The van der Waals surface area contributed by atoms with E-state index < -0.39 is 23.6 Å². The number of hydrogen-bond donors (Lipinski definition) is 1. The topological polar surface area (TPSA) is 38.3 Å². The number of halogens is 2. The second-order valence-electron chi connectivity index (χ2n) is 5.46. The summed E-state index contributed by atoms with van der Waals surface area (Å²) in [5.74, 6) is -1.76. The lowest BCUT2D eigenvalue weighted by Crippen LogP contribution is -2.32. The zero-order valence-corrected chi connectivity index (χ0v) is 13.3. The molecule has 23 heavy (non-hydrogen) atoms. The van der Waals surface area contributed by atoms with Crippen LogP contribution in [0.4, 0.5) is 14.5 Å². The van der Waals surface area contributed by atoms with Crippen molar-refractivity contribution in [3.05, 3.63) is 59.2 Å².